The molecule has 0 saturated heterocycles. The lowest BCUT2D eigenvalue weighted by molar-refractivity contribution is 0.389. The molecular formula is C19H32F2N4. The first kappa shape index (κ1) is 21.4. The lowest BCUT2D eigenvalue weighted by Crippen LogP contribution is -2.37. The topological polar surface area (TPSA) is 39.7 Å². The van der Waals surface area contributed by atoms with Crippen molar-refractivity contribution in [2.24, 2.45) is 4.99 Å². The predicted molar refractivity (Wildman–Crippen MR) is 101 cm³/mol. The molecule has 25 heavy (non-hydrogen) atoms. The zero-order valence-corrected chi connectivity index (χ0v) is 15.7. The molecule has 2 N–H and O–H groups in total. The molecule has 0 aliphatic heterocycles. The van der Waals surface area contributed by atoms with Crippen LogP contribution in [0.15, 0.2) is 23.2 Å². The second-order valence-corrected chi connectivity index (χ2v) is 6.43. The van der Waals surface area contributed by atoms with Gasteiger partial charge in [-0.1, -0.05) is 19.3 Å². The van der Waals surface area contributed by atoms with Gasteiger partial charge in [0.25, 0.3) is 0 Å². The molecule has 0 bridgehead atoms. The lowest BCUT2D eigenvalue weighted by Gasteiger charge is -2.12. The van der Waals surface area contributed by atoms with Gasteiger partial charge in [-0.15, -0.1) is 0 Å². The Morgan fingerprint density at radius 1 is 1.04 bits per heavy atom. The van der Waals surface area contributed by atoms with Gasteiger partial charge >= 0.3 is 0 Å². The van der Waals surface area contributed by atoms with Crippen LogP contribution in [0.25, 0.3) is 0 Å². The highest BCUT2D eigenvalue weighted by Gasteiger charge is 2.04. The molecule has 0 heterocycles. The number of aliphatic imine (C=N–C) groups is 1. The van der Waals surface area contributed by atoms with E-state index in [1.807, 2.05) is 6.92 Å². The van der Waals surface area contributed by atoms with Crippen molar-refractivity contribution < 1.29 is 8.78 Å². The molecule has 1 rings (SSSR count). The number of hydrogen-bond donors (Lipinski definition) is 2. The number of hydrogen-bond acceptors (Lipinski definition) is 2. The largest absolute Gasteiger partial charge is 0.357 e. The molecule has 4 nitrogen and oxygen atoms in total. The maximum atomic E-state index is 13.6. The van der Waals surface area contributed by atoms with E-state index in [4.69, 9.17) is 0 Å². The molecule has 0 spiro atoms. The summed E-state index contributed by atoms with van der Waals surface area (Å²) in [7, 11) is 4.20. The summed E-state index contributed by atoms with van der Waals surface area (Å²) in [5.74, 6) is -0.240. The van der Waals surface area contributed by atoms with Crippen molar-refractivity contribution in [3.8, 4) is 0 Å². The summed E-state index contributed by atoms with van der Waals surface area (Å²) in [5.41, 5.74) is 0.262. The highest BCUT2D eigenvalue weighted by Crippen LogP contribution is 2.10. The van der Waals surface area contributed by atoms with Crippen LogP contribution in [0.3, 0.4) is 0 Å². The number of unbranched alkanes of at least 4 members (excludes halogenated alkanes) is 4. The van der Waals surface area contributed by atoms with Crippen LogP contribution in [0, 0.1) is 11.6 Å². The first-order valence-corrected chi connectivity index (χ1v) is 9.13. The minimum Gasteiger partial charge on any atom is -0.357 e. The van der Waals surface area contributed by atoms with Crippen LogP contribution in [0.4, 0.5) is 8.78 Å². The molecule has 0 saturated carbocycles. The summed E-state index contributed by atoms with van der Waals surface area (Å²) < 4.78 is 26.8. The molecule has 0 atom stereocenters. The fourth-order valence-corrected chi connectivity index (χ4v) is 2.46. The molecule has 0 aliphatic rings. The molecular weight excluding hydrogens is 322 g/mol. The zero-order chi connectivity index (χ0) is 18.5. The third-order valence-electron chi connectivity index (χ3n) is 3.83. The van der Waals surface area contributed by atoms with E-state index < -0.39 is 11.6 Å². The Balaban J connectivity index is 2.30. The van der Waals surface area contributed by atoms with Gasteiger partial charge in [0.2, 0.25) is 0 Å². The van der Waals surface area contributed by atoms with Crippen LogP contribution in [-0.2, 0) is 6.54 Å². The Labute approximate surface area is 150 Å². The van der Waals surface area contributed by atoms with E-state index in [0.717, 1.165) is 38.2 Å². The van der Waals surface area contributed by atoms with Crippen molar-refractivity contribution in [1.82, 2.24) is 15.5 Å². The van der Waals surface area contributed by atoms with Crippen molar-refractivity contribution in [2.45, 2.75) is 45.6 Å². The summed E-state index contributed by atoms with van der Waals surface area (Å²) in [6.45, 7) is 4.79. The molecule has 142 valence electrons. The Morgan fingerprint density at radius 2 is 1.76 bits per heavy atom. The number of rotatable bonds is 11. The van der Waals surface area contributed by atoms with Crippen molar-refractivity contribution in [1.29, 1.82) is 0 Å². The Kier molecular flexibility index (Phi) is 10.8. The SMILES string of the molecule is CCNC(=NCc1cc(F)ccc1F)NCCCCCCCN(C)C. The maximum Gasteiger partial charge on any atom is 0.191 e. The van der Waals surface area contributed by atoms with Crippen LogP contribution in [0.5, 0.6) is 0 Å². The van der Waals surface area contributed by atoms with Gasteiger partial charge in [-0.2, -0.15) is 0 Å². The van der Waals surface area contributed by atoms with Crippen LogP contribution >= 0.6 is 0 Å². The molecule has 1 aromatic carbocycles. The highest BCUT2D eigenvalue weighted by molar-refractivity contribution is 5.79. The van der Waals surface area contributed by atoms with Crippen molar-refractivity contribution in [2.75, 3.05) is 33.7 Å². The van der Waals surface area contributed by atoms with Crippen LogP contribution < -0.4 is 10.6 Å². The standard InChI is InChI=1S/C19H32F2N4/c1-4-22-19(23-12-8-6-5-7-9-13-25(2)3)24-15-16-14-17(20)10-11-18(16)21/h10-11,14H,4-9,12-13,15H2,1-3H3,(H2,22,23,24). The minimum absolute atomic E-state index is 0.115. The maximum absolute atomic E-state index is 13.6. The summed E-state index contributed by atoms with van der Waals surface area (Å²) in [6.07, 6.45) is 5.98. The fraction of sp³-hybridized carbons (Fsp3) is 0.632. The number of guanidine groups is 1. The van der Waals surface area contributed by atoms with E-state index in [1.165, 1.54) is 31.7 Å². The summed E-state index contributed by atoms with van der Waals surface area (Å²) in [5, 5.41) is 6.38. The number of benzene rings is 1. The molecule has 0 unspecified atom stereocenters. The van der Waals surface area contributed by atoms with Crippen LogP contribution in [0.2, 0.25) is 0 Å². The van der Waals surface area contributed by atoms with E-state index in [0.29, 0.717) is 5.96 Å². The van der Waals surface area contributed by atoms with E-state index in [-0.39, 0.29) is 12.1 Å². The summed E-state index contributed by atoms with van der Waals surface area (Å²) in [6, 6.07) is 3.44. The van der Waals surface area contributed by atoms with Gasteiger partial charge in [0.05, 0.1) is 6.54 Å². The molecule has 6 heteroatoms. The van der Waals surface area contributed by atoms with E-state index >= 15 is 0 Å². The van der Waals surface area contributed by atoms with Gasteiger partial charge in [-0.05, 0) is 58.6 Å². The molecule has 1 aromatic rings. The lowest BCUT2D eigenvalue weighted by atomic mass is 10.1. The molecule has 0 radical (unpaired) electrons. The fourth-order valence-electron chi connectivity index (χ4n) is 2.46. The average Bonchev–Trinajstić information content (AvgIpc) is 2.57. The quantitative estimate of drug-likeness (QED) is 0.363. The van der Waals surface area contributed by atoms with Crippen LogP contribution in [0.1, 0.15) is 44.6 Å². The van der Waals surface area contributed by atoms with Gasteiger partial charge in [-0.3, -0.25) is 0 Å². The third kappa shape index (κ3) is 10.0. The van der Waals surface area contributed by atoms with Gasteiger partial charge in [0.15, 0.2) is 5.96 Å². The Morgan fingerprint density at radius 3 is 2.48 bits per heavy atom. The Bertz CT molecular complexity index is 518. The second kappa shape index (κ2) is 12.6. The Hall–Kier alpha value is -1.69. The second-order valence-electron chi connectivity index (χ2n) is 6.43. The normalized spacial score (nSPS) is 11.8. The van der Waals surface area contributed by atoms with E-state index in [2.05, 4.69) is 34.6 Å². The number of nitrogens with zero attached hydrogens (tertiary/aromatic N) is 2. The zero-order valence-electron chi connectivity index (χ0n) is 15.7. The van der Waals surface area contributed by atoms with Crippen LogP contribution in [-0.4, -0.2) is 44.6 Å². The third-order valence-corrected chi connectivity index (χ3v) is 3.83. The number of halogens is 2. The van der Waals surface area contributed by atoms with E-state index in [1.54, 1.807) is 0 Å². The number of nitrogens with one attached hydrogen (secondary N) is 2. The molecule has 0 fully saturated rings. The molecule has 0 aromatic heterocycles. The van der Waals surface area contributed by atoms with Gasteiger partial charge in [-0.25, -0.2) is 13.8 Å². The summed E-state index contributed by atoms with van der Waals surface area (Å²) >= 11 is 0. The van der Waals surface area contributed by atoms with Gasteiger partial charge in [0.1, 0.15) is 11.6 Å². The highest BCUT2D eigenvalue weighted by atomic mass is 19.1. The van der Waals surface area contributed by atoms with Crippen molar-refractivity contribution in [3.63, 3.8) is 0 Å². The van der Waals surface area contributed by atoms with Gasteiger partial charge < -0.3 is 15.5 Å². The average molecular weight is 354 g/mol. The first-order valence-electron chi connectivity index (χ1n) is 9.13. The van der Waals surface area contributed by atoms with E-state index in [9.17, 15) is 8.78 Å². The minimum atomic E-state index is -0.446. The smallest absolute Gasteiger partial charge is 0.191 e. The first-order chi connectivity index (χ1) is 12.0. The van der Waals surface area contributed by atoms with Crippen molar-refractivity contribution in [3.05, 3.63) is 35.4 Å². The summed E-state index contributed by atoms with van der Waals surface area (Å²) in [4.78, 5) is 6.55. The molecule has 0 aliphatic carbocycles. The van der Waals surface area contributed by atoms with Gasteiger partial charge in [0, 0.05) is 18.7 Å². The predicted octanol–water partition coefficient (Wildman–Crippen LogP) is 3.53. The monoisotopic (exact) mass is 354 g/mol. The molecule has 0 amide bonds. The van der Waals surface area contributed by atoms with Crippen molar-refractivity contribution >= 4 is 5.96 Å².